The molecule has 0 atom stereocenters. The van der Waals surface area contributed by atoms with Crippen LogP contribution in [-0.4, -0.2) is 30.9 Å². The second kappa shape index (κ2) is 8.45. The molecular formula is C16H23BrN2O. The van der Waals surface area contributed by atoms with E-state index >= 15 is 0 Å². The lowest BCUT2D eigenvalue weighted by atomic mass is 10.2. The highest BCUT2D eigenvalue weighted by molar-refractivity contribution is 9.10. The van der Waals surface area contributed by atoms with Crippen molar-refractivity contribution in [2.75, 3.05) is 26.3 Å². The molecule has 0 unspecified atom stereocenters. The van der Waals surface area contributed by atoms with E-state index in [1.807, 2.05) is 6.92 Å². The Bertz CT molecular complexity index is 524. The Morgan fingerprint density at radius 1 is 1.20 bits per heavy atom. The molecule has 1 aromatic carbocycles. The number of unbranched alkanes of at least 4 members (excludes halogenated alkanes) is 1. The van der Waals surface area contributed by atoms with E-state index in [1.165, 1.54) is 17.3 Å². The van der Waals surface area contributed by atoms with Gasteiger partial charge in [0.25, 0.3) is 0 Å². The van der Waals surface area contributed by atoms with Gasteiger partial charge in [-0.1, -0.05) is 22.0 Å². The van der Waals surface area contributed by atoms with Crippen LogP contribution in [0.1, 0.15) is 19.8 Å². The monoisotopic (exact) mass is 338 g/mol. The highest BCUT2D eigenvalue weighted by Gasteiger charge is 2.01. The van der Waals surface area contributed by atoms with Gasteiger partial charge in [0.05, 0.1) is 0 Å². The molecule has 0 fully saturated rings. The average Bonchev–Trinajstić information content (AvgIpc) is 2.84. The molecule has 20 heavy (non-hydrogen) atoms. The summed E-state index contributed by atoms with van der Waals surface area (Å²) in [7, 11) is 0. The largest absolute Gasteiger partial charge is 0.382 e. The maximum Gasteiger partial charge on any atom is 0.0492 e. The topological polar surface area (TPSA) is 26.2 Å². The Kier molecular flexibility index (Phi) is 6.57. The first-order chi connectivity index (χ1) is 9.81. The van der Waals surface area contributed by atoms with Crippen molar-refractivity contribution in [1.82, 2.24) is 9.88 Å². The summed E-state index contributed by atoms with van der Waals surface area (Å²) in [4.78, 5) is 0. The summed E-state index contributed by atoms with van der Waals surface area (Å²) >= 11 is 3.53. The summed E-state index contributed by atoms with van der Waals surface area (Å²) in [6.07, 6.45) is 4.48. The zero-order valence-electron chi connectivity index (χ0n) is 12.1. The van der Waals surface area contributed by atoms with E-state index < -0.39 is 0 Å². The van der Waals surface area contributed by atoms with Gasteiger partial charge in [0.2, 0.25) is 0 Å². The Labute approximate surface area is 129 Å². The van der Waals surface area contributed by atoms with Crippen LogP contribution in [0, 0.1) is 0 Å². The maximum absolute atomic E-state index is 5.32. The molecule has 0 saturated carbocycles. The van der Waals surface area contributed by atoms with Crippen molar-refractivity contribution in [3.63, 3.8) is 0 Å². The van der Waals surface area contributed by atoms with Gasteiger partial charge in [0.1, 0.15) is 0 Å². The Hall–Kier alpha value is -0.840. The standard InChI is InChI=1S/C16H23BrN2O/c1-2-20-12-4-3-8-18-9-11-19-10-7-14-5-6-15(17)13-16(14)19/h5-7,10,13,18H,2-4,8-9,11-12H2,1H3. The number of nitrogens with one attached hydrogen (secondary N) is 1. The smallest absolute Gasteiger partial charge is 0.0492 e. The number of aromatic nitrogens is 1. The van der Waals surface area contributed by atoms with Gasteiger partial charge in [-0.15, -0.1) is 0 Å². The first-order valence-electron chi connectivity index (χ1n) is 7.34. The minimum absolute atomic E-state index is 0.823. The zero-order valence-corrected chi connectivity index (χ0v) is 13.7. The highest BCUT2D eigenvalue weighted by atomic mass is 79.9. The number of hydrogen-bond acceptors (Lipinski definition) is 2. The summed E-state index contributed by atoms with van der Waals surface area (Å²) < 4.78 is 8.75. The van der Waals surface area contributed by atoms with Crippen molar-refractivity contribution >= 4 is 26.8 Å². The number of benzene rings is 1. The van der Waals surface area contributed by atoms with Gasteiger partial charge < -0.3 is 14.6 Å². The normalized spacial score (nSPS) is 11.3. The minimum atomic E-state index is 0.823. The highest BCUT2D eigenvalue weighted by Crippen LogP contribution is 2.20. The fourth-order valence-electron chi connectivity index (χ4n) is 2.28. The van der Waals surface area contributed by atoms with Crippen LogP contribution >= 0.6 is 15.9 Å². The molecule has 0 aliphatic carbocycles. The van der Waals surface area contributed by atoms with Crippen molar-refractivity contribution < 1.29 is 4.74 Å². The van der Waals surface area contributed by atoms with E-state index in [0.29, 0.717) is 0 Å². The molecule has 110 valence electrons. The Morgan fingerprint density at radius 2 is 2.10 bits per heavy atom. The molecule has 0 aliphatic rings. The van der Waals surface area contributed by atoms with Gasteiger partial charge >= 0.3 is 0 Å². The average molecular weight is 339 g/mol. The van der Waals surface area contributed by atoms with Gasteiger partial charge in [0.15, 0.2) is 0 Å². The Morgan fingerprint density at radius 3 is 2.95 bits per heavy atom. The zero-order chi connectivity index (χ0) is 14.2. The lowest BCUT2D eigenvalue weighted by molar-refractivity contribution is 0.143. The molecular weight excluding hydrogens is 316 g/mol. The van der Waals surface area contributed by atoms with Crippen LogP contribution in [0.5, 0.6) is 0 Å². The molecule has 0 aliphatic heterocycles. The maximum atomic E-state index is 5.32. The van der Waals surface area contributed by atoms with Crippen molar-refractivity contribution in [2.24, 2.45) is 0 Å². The van der Waals surface area contributed by atoms with Crippen LogP contribution in [0.3, 0.4) is 0 Å². The molecule has 1 heterocycles. The molecule has 1 aromatic heterocycles. The van der Waals surface area contributed by atoms with E-state index in [0.717, 1.165) is 43.7 Å². The van der Waals surface area contributed by atoms with E-state index in [2.05, 4.69) is 56.3 Å². The third-order valence-corrected chi connectivity index (χ3v) is 3.86. The number of hydrogen-bond donors (Lipinski definition) is 1. The number of fused-ring (bicyclic) bond motifs is 1. The van der Waals surface area contributed by atoms with Gasteiger partial charge in [-0.3, -0.25) is 0 Å². The summed E-state index contributed by atoms with van der Waals surface area (Å²) in [5.74, 6) is 0. The molecule has 1 N–H and O–H groups in total. The van der Waals surface area contributed by atoms with Gasteiger partial charge in [-0.2, -0.15) is 0 Å². The van der Waals surface area contributed by atoms with E-state index in [4.69, 9.17) is 4.74 Å². The predicted molar refractivity (Wildman–Crippen MR) is 88.2 cm³/mol. The second-order valence-electron chi connectivity index (χ2n) is 4.87. The first kappa shape index (κ1) is 15.5. The molecule has 0 radical (unpaired) electrons. The molecule has 0 spiro atoms. The molecule has 4 heteroatoms. The molecule has 2 rings (SSSR count). The molecule has 0 saturated heterocycles. The SMILES string of the molecule is CCOCCCCNCCn1ccc2ccc(Br)cc21. The van der Waals surface area contributed by atoms with Gasteiger partial charge in [0, 0.05) is 42.5 Å². The van der Waals surface area contributed by atoms with Crippen LogP contribution in [0.4, 0.5) is 0 Å². The number of ether oxygens (including phenoxy) is 1. The number of nitrogens with zero attached hydrogens (tertiary/aromatic N) is 1. The summed E-state index contributed by atoms with van der Waals surface area (Å²) in [6, 6.07) is 8.58. The van der Waals surface area contributed by atoms with Crippen molar-refractivity contribution in [3.05, 3.63) is 34.9 Å². The third kappa shape index (κ3) is 4.62. The molecule has 2 aromatic rings. The van der Waals surface area contributed by atoms with Crippen molar-refractivity contribution in [2.45, 2.75) is 26.3 Å². The van der Waals surface area contributed by atoms with E-state index in [-0.39, 0.29) is 0 Å². The fraction of sp³-hybridized carbons (Fsp3) is 0.500. The fourth-order valence-corrected chi connectivity index (χ4v) is 2.62. The quantitative estimate of drug-likeness (QED) is 0.703. The summed E-state index contributed by atoms with van der Waals surface area (Å²) in [6.45, 7) is 6.82. The molecule has 0 amide bonds. The van der Waals surface area contributed by atoms with Crippen molar-refractivity contribution in [1.29, 1.82) is 0 Å². The van der Waals surface area contributed by atoms with Crippen LogP contribution in [0.2, 0.25) is 0 Å². The predicted octanol–water partition coefficient (Wildman–Crippen LogP) is 3.81. The van der Waals surface area contributed by atoms with Gasteiger partial charge in [-0.25, -0.2) is 0 Å². The van der Waals surface area contributed by atoms with E-state index in [1.54, 1.807) is 0 Å². The number of halogens is 1. The Balaban J connectivity index is 1.69. The van der Waals surface area contributed by atoms with Crippen LogP contribution in [0.25, 0.3) is 10.9 Å². The summed E-state index contributed by atoms with van der Waals surface area (Å²) in [5, 5.41) is 4.79. The lowest BCUT2D eigenvalue weighted by Gasteiger charge is -2.08. The van der Waals surface area contributed by atoms with Crippen LogP contribution in [0.15, 0.2) is 34.9 Å². The summed E-state index contributed by atoms with van der Waals surface area (Å²) in [5.41, 5.74) is 1.29. The van der Waals surface area contributed by atoms with Crippen LogP contribution < -0.4 is 5.32 Å². The van der Waals surface area contributed by atoms with Crippen molar-refractivity contribution in [3.8, 4) is 0 Å². The second-order valence-corrected chi connectivity index (χ2v) is 5.78. The lowest BCUT2D eigenvalue weighted by Crippen LogP contribution is -2.21. The minimum Gasteiger partial charge on any atom is -0.382 e. The third-order valence-electron chi connectivity index (χ3n) is 3.36. The molecule has 0 bridgehead atoms. The molecule has 3 nitrogen and oxygen atoms in total. The number of rotatable bonds is 9. The first-order valence-corrected chi connectivity index (χ1v) is 8.13. The van der Waals surface area contributed by atoms with Crippen LogP contribution in [-0.2, 0) is 11.3 Å². The van der Waals surface area contributed by atoms with E-state index in [9.17, 15) is 0 Å². The van der Waals surface area contributed by atoms with Gasteiger partial charge in [-0.05, 0) is 49.9 Å².